The molecule has 0 bridgehead atoms. The SMILES string of the molecule is CCCCCCCCCCCCCCCCCCCCCCCCC(=O)O[C@H](COC(=O)CCCCCCCCCCCCCCCCC(C)CC)COP(=O)(O)OC[C@@H](O)COP(=O)(O)OC[C@@H](COC(=O)CCCCCCCCC(C)C)OC(=O)CCCCCCCCCCCCCCCCC(C)CC. The largest absolute Gasteiger partial charge is 0.472 e. The van der Waals surface area contributed by atoms with Gasteiger partial charge in [0.2, 0.25) is 0 Å². The lowest BCUT2D eigenvalue weighted by Gasteiger charge is -2.21. The minimum Gasteiger partial charge on any atom is -0.462 e. The van der Waals surface area contributed by atoms with Crippen molar-refractivity contribution in [2.24, 2.45) is 17.8 Å². The predicted octanol–water partition coefficient (Wildman–Crippen LogP) is 26.9. The molecule has 107 heavy (non-hydrogen) atoms. The summed E-state index contributed by atoms with van der Waals surface area (Å²) in [6.07, 6.45) is 69.6. The molecular formula is C88H172O17P2. The number of rotatable bonds is 86. The fourth-order valence-corrected chi connectivity index (χ4v) is 15.2. The topological polar surface area (TPSA) is 237 Å². The predicted molar refractivity (Wildman–Crippen MR) is 441 cm³/mol. The Morgan fingerprint density at radius 2 is 0.477 bits per heavy atom. The van der Waals surface area contributed by atoms with Crippen LogP contribution in [0.4, 0.5) is 0 Å². The molecule has 0 saturated heterocycles. The van der Waals surface area contributed by atoms with Crippen molar-refractivity contribution >= 4 is 39.5 Å². The summed E-state index contributed by atoms with van der Waals surface area (Å²) >= 11 is 0. The summed E-state index contributed by atoms with van der Waals surface area (Å²) in [5, 5.41) is 10.7. The van der Waals surface area contributed by atoms with Crippen molar-refractivity contribution in [1.82, 2.24) is 0 Å². The van der Waals surface area contributed by atoms with Gasteiger partial charge in [0.15, 0.2) is 12.2 Å². The first kappa shape index (κ1) is 105. The van der Waals surface area contributed by atoms with Crippen LogP contribution in [0.3, 0.4) is 0 Å². The lowest BCUT2D eigenvalue weighted by molar-refractivity contribution is -0.161. The number of unbranched alkanes of at least 4 members (excludes halogenated alkanes) is 52. The van der Waals surface area contributed by atoms with Gasteiger partial charge in [0, 0.05) is 25.7 Å². The smallest absolute Gasteiger partial charge is 0.462 e. The summed E-state index contributed by atoms with van der Waals surface area (Å²) in [4.78, 5) is 73.2. The summed E-state index contributed by atoms with van der Waals surface area (Å²) in [7, 11) is -9.93. The van der Waals surface area contributed by atoms with Crippen molar-refractivity contribution in [3.05, 3.63) is 0 Å². The highest BCUT2D eigenvalue weighted by Gasteiger charge is 2.31. The van der Waals surface area contributed by atoms with Crippen LogP contribution in [0.15, 0.2) is 0 Å². The van der Waals surface area contributed by atoms with E-state index in [-0.39, 0.29) is 25.7 Å². The number of ether oxygens (including phenoxy) is 4. The maximum absolute atomic E-state index is 13.2. The molecule has 17 nitrogen and oxygen atoms in total. The van der Waals surface area contributed by atoms with Crippen LogP contribution in [-0.4, -0.2) is 96.7 Å². The first-order valence-corrected chi connectivity index (χ1v) is 48.4. The van der Waals surface area contributed by atoms with Gasteiger partial charge in [0.25, 0.3) is 0 Å². The highest BCUT2D eigenvalue weighted by atomic mass is 31.2. The molecule has 0 aliphatic carbocycles. The maximum Gasteiger partial charge on any atom is 0.472 e. The molecule has 0 radical (unpaired) electrons. The summed E-state index contributed by atoms with van der Waals surface area (Å²) in [6.45, 7) is 12.0. The number of carbonyl (C=O) groups excluding carboxylic acids is 4. The molecule has 0 aromatic rings. The fraction of sp³-hybridized carbons (Fsp3) is 0.955. The second kappa shape index (κ2) is 78.0. The Balaban J connectivity index is 5.21. The van der Waals surface area contributed by atoms with Gasteiger partial charge in [-0.15, -0.1) is 0 Å². The zero-order chi connectivity index (χ0) is 78.6. The van der Waals surface area contributed by atoms with Gasteiger partial charge in [-0.25, -0.2) is 9.13 Å². The molecule has 19 heteroatoms. The Labute approximate surface area is 658 Å². The van der Waals surface area contributed by atoms with Crippen LogP contribution < -0.4 is 0 Å². The maximum atomic E-state index is 13.2. The van der Waals surface area contributed by atoms with Crippen molar-refractivity contribution in [1.29, 1.82) is 0 Å². The normalized spacial score (nSPS) is 14.3. The summed E-state index contributed by atoms with van der Waals surface area (Å²) in [5.41, 5.74) is 0. The molecule has 0 aliphatic heterocycles. The number of carbonyl (C=O) groups is 4. The Kier molecular flexibility index (Phi) is 76.6. The zero-order valence-electron chi connectivity index (χ0n) is 70.6. The number of hydrogen-bond acceptors (Lipinski definition) is 15. The van der Waals surface area contributed by atoms with Gasteiger partial charge >= 0.3 is 39.5 Å². The molecule has 0 rings (SSSR count). The first-order chi connectivity index (χ1) is 51.8. The third-order valence-electron chi connectivity index (χ3n) is 21.4. The van der Waals surface area contributed by atoms with E-state index in [1.807, 2.05) is 0 Å². The van der Waals surface area contributed by atoms with Crippen molar-refractivity contribution in [2.45, 2.75) is 484 Å². The third-order valence-corrected chi connectivity index (χ3v) is 23.3. The number of phosphoric acid groups is 2. The van der Waals surface area contributed by atoms with E-state index in [1.54, 1.807) is 0 Å². The van der Waals surface area contributed by atoms with Gasteiger partial charge in [0.05, 0.1) is 26.4 Å². The van der Waals surface area contributed by atoms with E-state index in [2.05, 4.69) is 48.5 Å². The first-order valence-electron chi connectivity index (χ1n) is 45.4. The lowest BCUT2D eigenvalue weighted by Crippen LogP contribution is -2.30. The quantitative estimate of drug-likeness (QED) is 0.0222. The second-order valence-electron chi connectivity index (χ2n) is 32.6. The molecule has 4 unspecified atom stereocenters. The van der Waals surface area contributed by atoms with Crippen LogP contribution in [0.2, 0.25) is 0 Å². The average Bonchev–Trinajstić information content (AvgIpc) is 0.901. The van der Waals surface area contributed by atoms with Gasteiger partial charge in [-0.05, 0) is 43.4 Å². The average molecular weight is 1560 g/mol. The van der Waals surface area contributed by atoms with Crippen molar-refractivity contribution in [3.8, 4) is 0 Å². The Morgan fingerprint density at radius 3 is 0.710 bits per heavy atom. The van der Waals surface area contributed by atoms with Crippen molar-refractivity contribution in [3.63, 3.8) is 0 Å². The summed E-state index contributed by atoms with van der Waals surface area (Å²) < 4.78 is 68.9. The Morgan fingerprint density at radius 1 is 0.271 bits per heavy atom. The van der Waals surface area contributed by atoms with E-state index in [4.69, 9.17) is 37.0 Å². The lowest BCUT2D eigenvalue weighted by atomic mass is 9.99. The van der Waals surface area contributed by atoms with Crippen molar-refractivity contribution in [2.75, 3.05) is 39.6 Å². The van der Waals surface area contributed by atoms with Crippen LogP contribution in [0.1, 0.15) is 466 Å². The molecular weight excluding hydrogens is 1390 g/mol. The zero-order valence-corrected chi connectivity index (χ0v) is 72.4. The molecule has 0 saturated carbocycles. The highest BCUT2D eigenvalue weighted by Crippen LogP contribution is 2.45. The van der Waals surface area contributed by atoms with Crippen LogP contribution in [0, 0.1) is 17.8 Å². The number of hydrogen-bond donors (Lipinski definition) is 3. The number of aliphatic hydroxyl groups is 1. The molecule has 3 N–H and O–H groups in total. The van der Waals surface area contributed by atoms with E-state index in [0.29, 0.717) is 31.6 Å². The molecule has 0 aromatic carbocycles. The Hall–Kier alpha value is -1.94. The van der Waals surface area contributed by atoms with Crippen LogP contribution >= 0.6 is 15.6 Å². The van der Waals surface area contributed by atoms with Gasteiger partial charge in [-0.2, -0.15) is 0 Å². The van der Waals surface area contributed by atoms with Gasteiger partial charge < -0.3 is 33.8 Å². The highest BCUT2D eigenvalue weighted by molar-refractivity contribution is 7.47. The van der Waals surface area contributed by atoms with Crippen LogP contribution in [0.25, 0.3) is 0 Å². The third kappa shape index (κ3) is 79.1. The fourth-order valence-electron chi connectivity index (χ4n) is 13.7. The molecule has 0 aromatic heterocycles. The number of aliphatic hydroxyl groups excluding tert-OH is 1. The van der Waals surface area contributed by atoms with Gasteiger partial charge in [-0.3, -0.25) is 37.3 Å². The van der Waals surface area contributed by atoms with Gasteiger partial charge in [-0.1, -0.05) is 414 Å². The van der Waals surface area contributed by atoms with E-state index in [0.717, 1.165) is 108 Å². The van der Waals surface area contributed by atoms with Crippen LogP contribution in [-0.2, 0) is 65.4 Å². The monoisotopic (exact) mass is 1560 g/mol. The van der Waals surface area contributed by atoms with E-state index in [1.165, 1.54) is 270 Å². The molecule has 7 atom stereocenters. The molecule has 0 spiro atoms. The molecule has 0 amide bonds. The van der Waals surface area contributed by atoms with Gasteiger partial charge in [0.1, 0.15) is 19.3 Å². The van der Waals surface area contributed by atoms with Crippen molar-refractivity contribution < 1.29 is 80.2 Å². The van der Waals surface area contributed by atoms with Crippen LogP contribution in [0.5, 0.6) is 0 Å². The number of esters is 4. The molecule has 636 valence electrons. The minimum atomic E-state index is -4.97. The second-order valence-corrected chi connectivity index (χ2v) is 35.5. The molecule has 0 heterocycles. The Bertz CT molecular complexity index is 2060. The standard InChI is InChI=1S/C88H172O17P2/c1-8-11-12-13-14-15-16-17-18-19-20-21-22-23-24-25-33-38-43-48-57-64-71-87(92)104-83(75-98-85(90)69-62-55-47-42-37-32-28-26-30-35-40-45-53-60-67-80(6)9-2)77-102-106(94,95)100-73-82(89)74-101-107(96,97)103-78-84(76-99-86(91)70-63-56-51-50-52-59-66-79(4)5)105-88(93)72-65-58-49-44-39-34-29-27-31-36-41-46-54-61-68-81(7)10-3/h79-84,89H,8-78H2,1-7H3,(H,94,95)(H,96,97)/t80?,81?,82-,83-,84-/m1/s1. The summed E-state index contributed by atoms with van der Waals surface area (Å²) in [5.74, 6) is 0.269. The molecule has 0 aliphatic rings. The minimum absolute atomic E-state index is 0.107. The van der Waals surface area contributed by atoms with E-state index in [9.17, 15) is 43.2 Å². The molecule has 0 fully saturated rings. The van der Waals surface area contributed by atoms with E-state index < -0.39 is 97.5 Å². The summed E-state index contributed by atoms with van der Waals surface area (Å²) in [6, 6.07) is 0. The number of phosphoric ester groups is 2. The van der Waals surface area contributed by atoms with E-state index >= 15 is 0 Å².